The van der Waals surface area contributed by atoms with Crippen LogP contribution in [0.2, 0.25) is 0 Å². The van der Waals surface area contributed by atoms with Gasteiger partial charge in [-0.3, -0.25) is 4.79 Å². The van der Waals surface area contributed by atoms with Gasteiger partial charge in [0, 0.05) is 13.0 Å². The number of benzene rings is 2. The third-order valence-corrected chi connectivity index (χ3v) is 5.11. The maximum atomic E-state index is 14.7. The Balaban J connectivity index is 0.00000196. The lowest BCUT2D eigenvalue weighted by atomic mass is 9.99. The van der Waals surface area contributed by atoms with Gasteiger partial charge in [0.1, 0.15) is 11.6 Å². The number of nitrogens with one attached hydrogen (secondary N) is 2. The van der Waals surface area contributed by atoms with E-state index in [0.717, 1.165) is 29.0 Å². The van der Waals surface area contributed by atoms with Crippen molar-refractivity contribution in [2.24, 2.45) is 0 Å². The Morgan fingerprint density at radius 1 is 1.23 bits per heavy atom. The number of hydrogen-bond acceptors (Lipinski definition) is 3. The second-order valence-electron chi connectivity index (χ2n) is 6.84. The molecule has 0 fully saturated rings. The van der Waals surface area contributed by atoms with Gasteiger partial charge in [0.05, 0.1) is 5.69 Å². The lowest BCUT2D eigenvalue weighted by molar-refractivity contribution is -0.122. The van der Waals surface area contributed by atoms with Crippen molar-refractivity contribution in [3.8, 4) is 5.75 Å². The van der Waals surface area contributed by atoms with Crippen LogP contribution in [0.25, 0.3) is 0 Å². The molecule has 0 bridgehead atoms. The van der Waals surface area contributed by atoms with Gasteiger partial charge in [-0.15, -0.1) is 12.4 Å². The fourth-order valence-corrected chi connectivity index (χ4v) is 3.50. The Kier molecular flexibility index (Phi) is 5.21. The first-order valence-corrected chi connectivity index (χ1v) is 8.61. The van der Waals surface area contributed by atoms with Crippen molar-refractivity contribution in [3.05, 3.63) is 57.9 Å². The molecule has 6 heteroatoms. The summed E-state index contributed by atoms with van der Waals surface area (Å²) in [5.41, 5.74) is 5.22. The number of halogens is 2. The molecular weight excluding hydrogens is 355 g/mol. The van der Waals surface area contributed by atoms with E-state index in [1.54, 1.807) is 6.07 Å². The van der Waals surface area contributed by atoms with Gasteiger partial charge in [0.2, 0.25) is 0 Å². The van der Waals surface area contributed by atoms with Crippen molar-refractivity contribution in [1.29, 1.82) is 0 Å². The molecule has 0 radical (unpaired) electrons. The van der Waals surface area contributed by atoms with Gasteiger partial charge < -0.3 is 15.4 Å². The van der Waals surface area contributed by atoms with Gasteiger partial charge in [-0.05, 0) is 66.8 Å². The second-order valence-corrected chi connectivity index (χ2v) is 6.84. The maximum absolute atomic E-state index is 14.7. The number of aryl methyl sites for hydroxylation is 2. The molecule has 26 heavy (non-hydrogen) atoms. The maximum Gasteiger partial charge on any atom is 0.265 e. The molecule has 2 N–H and O–H groups in total. The van der Waals surface area contributed by atoms with Crippen molar-refractivity contribution >= 4 is 24.0 Å². The molecule has 2 heterocycles. The molecule has 2 aliphatic heterocycles. The lowest BCUT2D eigenvalue weighted by Crippen LogP contribution is -2.32. The van der Waals surface area contributed by atoms with Crippen LogP contribution >= 0.6 is 12.4 Å². The first-order valence-electron chi connectivity index (χ1n) is 8.61. The highest BCUT2D eigenvalue weighted by Gasteiger charge is 2.30. The zero-order chi connectivity index (χ0) is 17.6. The normalized spacial score (nSPS) is 17.6. The molecule has 2 aromatic carbocycles. The fraction of sp³-hybridized carbons (Fsp3) is 0.350. The molecule has 0 saturated carbocycles. The average molecular weight is 377 g/mol. The molecular formula is C20H22ClFN2O2. The molecule has 1 amide bonds. The summed E-state index contributed by atoms with van der Waals surface area (Å²) in [4.78, 5) is 12.6. The van der Waals surface area contributed by atoms with Crippen molar-refractivity contribution in [2.75, 3.05) is 11.9 Å². The Morgan fingerprint density at radius 3 is 2.81 bits per heavy atom. The summed E-state index contributed by atoms with van der Waals surface area (Å²) in [5, 5.41) is 5.93. The molecule has 138 valence electrons. The molecule has 0 aromatic heterocycles. The van der Waals surface area contributed by atoms with Crippen LogP contribution in [0.15, 0.2) is 24.3 Å². The van der Waals surface area contributed by atoms with Crippen molar-refractivity contribution in [2.45, 2.75) is 39.3 Å². The minimum absolute atomic E-state index is 0. The predicted molar refractivity (Wildman–Crippen MR) is 102 cm³/mol. The Bertz CT molecular complexity index is 838. The van der Waals surface area contributed by atoms with Crippen molar-refractivity contribution < 1.29 is 13.9 Å². The van der Waals surface area contributed by atoms with Gasteiger partial charge in [-0.1, -0.05) is 12.1 Å². The van der Waals surface area contributed by atoms with E-state index in [9.17, 15) is 9.18 Å². The monoisotopic (exact) mass is 376 g/mol. The van der Waals surface area contributed by atoms with E-state index >= 15 is 0 Å². The molecule has 4 nitrogen and oxygen atoms in total. The minimum atomic E-state index is -0.617. The average Bonchev–Trinajstić information content (AvgIpc) is 3.01. The second kappa shape index (κ2) is 7.25. The van der Waals surface area contributed by atoms with Gasteiger partial charge in [-0.2, -0.15) is 0 Å². The highest BCUT2D eigenvalue weighted by Crippen LogP contribution is 2.32. The molecule has 0 aliphatic carbocycles. The number of hydrogen-bond donors (Lipinski definition) is 2. The van der Waals surface area contributed by atoms with E-state index in [-0.39, 0.29) is 29.8 Å². The Labute approximate surface area is 158 Å². The van der Waals surface area contributed by atoms with Crippen LogP contribution in [-0.4, -0.2) is 18.6 Å². The summed E-state index contributed by atoms with van der Waals surface area (Å²) >= 11 is 0. The van der Waals surface area contributed by atoms with Crippen LogP contribution in [0.4, 0.5) is 10.1 Å². The van der Waals surface area contributed by atoms with E-state index in [4.69, 9.17) is 4.74 Å². The topological polar surface area (TPSA) is 50.4 Å². The van der Waals surface area contributed by atoms with E-state index < -0.39 is 6.10 Å². The molecule has 1 atom stereocenters. The standard InChI is InChI=1S/C20H21FN2O2.ClH/c1-11-7-14-9-18(25-17(14)8-12(11)2)20(24)23-16-4-3-13-10-22-6-5-15(13)19(16)21;/h3-4,7-8,18,22H,5-6,9-10H2,1-2H3,(H,23,24);1H. The summed E-state index contributed by atoms with van der Waals surface area (Å²) < 4.78 is 20.5. The zero-order valence-electron chi connectivity index (χ0n) is 14.8. The summed E-state index contributed by atoms with van der Waals surface area (Å²) in [6.45, 7) is 5.48. The summed E-state index contributed by atoms with van der Waals surface area (Å²) in [7, 11) is 0. The molecule has 0 spiro atoms. The van der Waals surface area contributed by atoms with Crippen LogP contribution in [-0.2, 0) is 24.2 Å². The predicted octanol–water partition coefficient (Wildman–Crippen LogP) is 3.45. The van der Waals surface area contributed by atoms with Gasteiger partial charge in [0.25, 0.3) is 5.91 Å². The highest BCUT2D eigenvalue weighted by molar-refractivity contribution is 5.95. The zero-order valence-corrected chi connectivity index (χ0v) is 15.6. The first kappa shape index (κ1) is 18.7. The third kappa shape index (κ3) is 3.29. The highest BCUT2D eigenvalue weighted by atomic mass is 35.5. The minimum Gasteiger partial charge on any atom is -0.480 e. The number of fused-ring (bicyclic) bond motifs is 2. The van der Waals surface area contributed by atoms with Gasteiger partial charge in [0.15, 0.2) is 6.10 Å². The van der Waals surface area contributed by atoms with E-state index in [1.807, 2.05) is 26.0 Å². The first-order chi connectivity index (χ1) is 12.0. The Hall–Kier alpha value is -2.11. The molecule has 2 aliphatic rings. The van der Waals surface area contributed by atoms with Crippen molar-refractivity contribution in [3.63, 3.8) is 0 Å². The van der Waals surface area contributed by atoms with Crippen LogP contribution in [0.5, 0.6) is 5.75 Å². The van der Waals surface area contributed by atoms with Crippen LogP contribution in [0, 0.1) is 19.7 Å². The molecule has 1 unspecified atom stereocenters. The summed E-state index contributed by atoms with van der Waals surface area (Å²) in [6.07, 6.45) is 0.529. The lowest BCUT2D eigenvalue weighted by Gasteiger charge is -2.20. The smallest absolute Gasteiger partial charge is 0.265 e. The number of carbonyl (C=O) groups is 1. The number of ether oxygens (including phenoxy) is 1. The summed E-state index contributed by atoms with van der Waals surface area (Å²) in [6, 6.07) is 7.53. The molecule has 4 rings (SSSR count). The van der Waals surface area contributed by atoms with Crippen LogP contribution in [0.3, 0.4) is 0 Å². The SMILES string of the molecule is Cc1cc2c(cc1C)OC(C(=O)Nc1ccc3c(c1F)CCNC3)C2.Cl. The quantitative estimate of drug-likeness (QED) is 0.844. The molecule has 2 aromatic rings. The van der Waals surface area contributed by atoms with E-state index in [1.165, 1.54) is 5.56 Å². The summed E-state index contributed by atoms with van der Waals surface area (Å²) in [5.74, 6) is 0.120. The largest absolute Gasteiger partial charge is 0.480 e. The molecule has 0 saturated heterocycles. The van der Waals surface area contributed by atoms with Gasteiger partial charge in [-0.25, -0.2) is 4.39 Å². The van der Waals surface area contributed by atoms with Crippen LogP contribution < -0.4 is 15.4 Å². The fourth-order valence-electron chi connectivity index (χ4n) is 3.50. The third-order valence-electron chi connectivity index (χ3n) is 5.11. The number of amides is 1. The van der Waals surface area contributed by atoms with E-state index in [0.29, 0.717) is 24.9 Å². The number of anilines is 1. The van der Waals surface area contributed by atoms with E-state index in [2.05, 4.69) is 16.7 Å². The Morgan fingerprint density at radius 2 is 2.00 bits per heavy atom. The number of carbonyl (C=O) groups excluding carboxylic acids is 1. The van der Waals surface area contributed by atoms with Crippen molar-refractivity contribution in [1.82, 2.24) is 5.32 Å². The van der Waals surface area contributed by atoms with Gasteiger partial charge >= 0.3 is 0 Å². The number of rotatable bonds is 2. The van der Waals surface area contributed by atoms with Crippen LogP contribution in [0.1, 0.15) is 27.8 Å².